The topological polar surface area (TPSA) is 76.1 Å². The molecule has 2 aromatic heterocycles. The fraction of sp³-hybridized carbons (Fsp3) is 0.471. The number of imidazole rings is 2. The number of unbranched alkanes of at least 4 members (excludes halogenated alkanes) is 3. The Morgan fingerprint density at radius 2 is 1.45 bits per heavy atom. The first-order chi connectivity index (χ1) is 20.4. The minimum atomic E-state index is 0.530. The van der Waals surface area contributed by atoms with Crippen molar-refractivity contribution in [3.05, 3.63) is 85.0 Å². The van der Waals surface area contributed by atoms with Gasteiger partial charge >= 0.3 is 0 Å². The van der Waals surface area contributed by atoms with Crippen molar-refractivity contribution >= 4 is 22.7 Å². The van der Waals surface area contributed by atoms with Crippen molar-refractivity contribution in [2.45, 2.75) is 77.5 Å². The molecule has 2 saturated heterocycles. The van der Waals surface area contributed by atoms with Gasteiger partial charge in [0.15, 0.2) is 0 Å². The molecule has 2 fully saturated rings. The van der Waals surface area contributed by atoms with E-state index in [9.17, 15) is 0 Å². The zero-order valence-electron chi connectivity index (χ0n) is 25.4. The SMILES string of the molecule is Cc1cc(N2CCC(n3cc[n+](CCCCCCn4cc[n+](C5CCN(c6ccc(N)c(C)c6)C5)c4)c3)C2)ccc1N. The van der Waals surface area contributed by atoms with Crippen LogP contribution in [0, 0.1) is 13.8 Å². The lowest BCUT2D eigenvalue weighted by Crippen LogP contribution is -2.39. The van der Waals surface area contributed by atoms with Crippen LogP contribution < -0.4 is 30.4 Å². The van der Waals surface area contributed by atoms with E-state index in [-0.39, 0.29) is 0 Å². The lowest BCUT2D eigenvalue weighted by Gasteiger charge is -2.18. The molecule has 8 nitrogen and oxygen atoms in total. The smallest absolute Gasteiger partial charge is 0.244 e. The molecule has 6 rings (SSSR count). The predicted octanol–water partition coefficient (Wildman–Crippen LogP) is 4.81. The van der Waals surface area contributed by atoms with E-state index in [1.807, 2.05) is 12.1 Å². The van der Waals surface area contributed by atoms with E-state index in [0.717, 1.165) is 61.8 Å². The summed E-state index contributed by atoms with van der Waals surface area (Å²) in [5.41, 5.74) is 18.7. The van der Waals surface area contributed by atoms with Gasteiger partial charge in [0.25, 0.3) is 0 Å². The van der Waals surface area contributed by atoms with Gasteiger partial charge in [0.05, 0.1) is 26.2 Å². The first-order valence-electron chi connectivity index (χ1n) is 15.8. The van der Waals surface area contributed by atoms with Crippen molar-refractivity contribution in [1.82, 2.24) is 9.13 Å². The summed E-state index contributed by atoms with van der Waals surface area (Å²) in [5, 5.41) is 0. The first-order valence-corrected chi connectivity index (χ1v) is 15.8. The molecule has 0 radical (unpaired) electrons. The van der Waals surface area contributed by atoms with Gasteiger partial charge in [0.1, 0.15) is 36.9 Å². The van der Waals surface area contributed by atoms with E-state index >= 15 is 0 Å². The number of benzene rings is 2. The maximum absolute atomic E-state index is 6.02. The number of aryl methyl sites for hydroxylation is 4. The summed E-state index contributed by atoms with van der Waals surface area (Å²) in [5.74, 6) is 0. The summed E-state index contributed by atoms with van der Waals surface area (Å²) in [6, 6.07) is 13.9. The molecule has 0 spiro atoms. The molecule has 2 unspecified atom stereocenters. The highest BCUT2D eigenvalue weighted by atomic mass is 15.2. The standard InChI is InChI=1S/C34H48N8/c1-27-21-29(7-9-33(27)35)39-15-11-31(23-39)41-19-17-37(25-41)13-5-3-4-6-14-38-18-20-42(26-38)32-12-16-40(24-32)30-8-10-34(36)28(2)22-30/h7-10,17-22,25-26,31-32H,3-6,11-16,23-24,35-36H2,1-2H3/q+2. The lowest BCUT2D eigenvalue weighted by molar-refractivity contribution is -0.718. The van der Waals surface area contributed by atoms with E-state index in [0.29, 0.717) is 12.1 Å². The molecule has 0 aliphatic carbocycles. The van der Waals surface area contributed by atoms with Crippen molar-refractivity contribution in [1.29, 1.82) is 0 Å². The maximum atomic E-state index is 6.02. The van der Waals surface area contributed by atoms with Crippen LogP contribution in [0.15, 0.2) is 73.8 Å². The van der Waals surface area contributed by atoms with Crippen LogP contribution >= 0.6 is 0 Å². The van der Waals surface area contributed by atoms with Gasteiger partial charge in [-0.2, -0.15) is 0 Å². The van der Waals surface area contributed by atoms with Crippen LogP contribution in [0.1, 0.15) is 61.7 Å². The van der Waals surface area contributed by atoms with E-state index < -0.39 is 0 Å². The number of nitrogen functional groups attached to an aromatic ring is 2. The minimum absolute atomic E-state index is 0.530. The number of hydrogen-bond acceptors (Lipinski definition) is 4. The Balaban J connectivity index is 0.888. The van der Waals surface area contributed by atoms with Crippen molar-refractivity contribution in [3.8, 4) is 0 Å². The Labute approximate surface area is 250 Å². The molecule has 42 heavy (non-hydrogen) atoms. The van der Waals surface area contributed by atoms with Gasteiger partial charge in [-0.3, -0.25) is 0 Å². The molecule has 4 heterocycles. The van der Waals surface area contributed by atoms with Crippen molar-refractivity contribution < 1.29 is 9.13 Å². The number of nitrogens with two attached hydrogens (primary N) is 2. The molecule has 0 bridgehead atoms. The third kappa shape index (κ3) is 6.42. The monoisotopic (exact) mass is 568 g/mol. The van der Waals surface area contributed by atoms with Gasteiger partial charge in [0.2, 0.25) is 12.7 Å². The normalized spacial score (nSPS) is 18.8. The molecule has 4 N–H and O–H groups in total. The van der Waals surface area contributed by atoms with Crippen LogP contribution in [0.5, 0.6) is 0 Å². The molecule has 2 atom stereocenters. The molecule has 0 amide bonds. The number of hydrogen-bond donors (Lipinski definition) is 2. The van der Waals surface area contributed by atoms with Crippen LogP contribution in [0.2, 0.25) is 0 Å². The molecule has 0 saturated carbocycles. The summed E-state index contributed by atoms with van der Waals surface area (Å²) in [4.78, 5) is 4.97. The molecular weight excluding hydrogens is 520 g/mol. The van der Waals surface area contributed by atoms with E-state index in [4.69, 9.17) is 11.5 Å². The Kier molecular flexibility index (Phi) is 8.40. The lowest BCUT2D eigenvalue weighted by atomic mass is 10.2. The molecule has 4 aromatic rings. The van der Waals surface area contributed by atoms with E-state index in [2.05, 4.69) is 104 Å². The summed E-state index contributed by atoms with van der Waals surface area (Å²) >= 11 is 0. The van der Waals surface area contributed by atoms with Gasteiger partial charge in [0, 0.05) is 48.7 Å². The summed E-state index contributed by atoms with van der Waals surface area (Å²) in [6.45, 7) is 10.7. The van der Waals surface area contributed by atoms with Gasteiger partial charge < -0.3 is 21.3 Å². The third-order valence-corrected chi connectivity index (χ3v) is 9.41. The highest BCUT2D eigenvalue weighted by Crippen LogP contribution is 2.29. The fourth-order valence-electron chi connectivity index (χ4n) is 6.61. The Hall–Kier alpha value is -3.94. The van der Waals surface area contributed by atoms with E-state index in [1.165, 1.54) is 49.9 Å². The third-order valence-electron chi connectivity index (χ3n) is 9.41. The molecule has 8 heteroatoms. The molecule has 2 aliphatic rings. The highest BCUT2D eigenvalue weighted by molar-refractivity contribution is 5.59. The van der Waals surface area contributed by atoms with Crippen LogP contribution in [-0.2, 0) is 13.1 Å². The van der Waals surface area contributed by atoms with Gasteiger partial charge in [-0.05, 0) is 87.1 Å². The van der Waals surface area contributed by atoms with Gasteiger partial charge in [-0.1, -0.05) is 0 Å². The first kappa shape index (κ1) is 28.2. The molecular formula is C34H48N8+2. The molecule has 2 aromatic carbocycles. The molecule has 2 aliphatic heterocycles. The minimum Gasteiger partial charge on any atom is -0.399 e. The number of anilines is 4. The highest BCUT2D eigenvalue weighted by Gasteiger charge is 2.29. The van der Waals surface area contributed by atoms with Crippen LogP contribution in [0.25, 0.3) is 0 Å². The van der Waals surface area contributed by atoms with Crippen LogP contribution in [0.3, 0.4) is 0 Å². The van der Waals surface area contributed by atoms with Crippen LogP contribution in [-0.4, -0.2) is 35.3 Å². The van der Waals surface area contributed by atoms with Crippen molar-refractivity contribution in [2.75, 3.05) is 47.4 Å². The predicted molar refractivity (Wildman–Crippen MR) is 171 cm³/mol. The van der Waals surface area contributed by atoms with Gasteiger partial charge in [-0.15, -0.1) is 0 Å². The quantitative estimate of drug-likeness (QED) is 0.155. The number of nitrogens with zero attached hydrogens (tertiary/aromatic N) is 6. The Bertz CT molecular complexity index is 1370. The van der Waals surface area contributed by atoms with E-state index in [1.54, 1.807) is 0 Å². The second kappa shape index (κ2) is 12.5. The second-order valence-electron chi connectivity index (χ2n) is 12.5. The average Bonchev–Trinajstić information content (AvgIpc) is 3.80. The fourth-order valence-corrected chi connectivity index (χ4v) is 6.61. The largest absolute Gasteiger partial charge is 0.399 e. The van der Waals surface area contributed by atoms with Crippen molar-refractivity contribution in [2.24, 2.45) is 0 Å². The molecule has 222 valence electrons. The number of rotatable bonds is 11. The van der Waals surface area contributed by atoms with Gasteiger partial charge in [-0.25, -0.2) is 18.3 Å². The Morgan fingerprint density at radius 1 is 0.762 bits per heavy atom. The summed E-state index contributed by atoms with van der Waals surface area (Å²) < 4.78 is 9.54. The second-order valence-corrected chi connectivity index (χ2v) is 12.5. The number of aromatic nitrogens is 4. The van der Waals surface area contributed by atoms with Crippen molar-refractivity contribution in [3.63, 3.8) is 0 Å². The van der Waals surface area contributed by atoms with Crippen LogP contribution in [0.4, 0.5) is 22.7 Å². The zero-order chi connectivity index (χ0) is 29.1. The zero-order valence-corrected chi connectivity index (χ0v) is 25.4. The maximum Gasteiger partial charge on any atom is 0.244 e. The Morgan fingerprint density at radius 3 is 2.19 bits per heavy atom. The summed E-state index contributed by atoms with van der Waals surface area (Å²) in [6.07, 6.45) is 21.0. The average molecular weight is 569 g/mol. The summed E-state index contributed by atoms with van der Waals surface area (Å²) in [7, 11) is 0.